The number of aryl methyl sites for hydroxylation is 1. The van der Waals surface area contributed by atoms with Crippen LogP contribution >= 0.6 is 0 Å². The molecule has 1 aromatic carbocycles. The van der Waals surface area contributed by atoms with E-state index in [-0.39, 0.29) is 0 Å². The normalized spacial score (nSPS) is 10.8. The molecular formula is C16H23N3O. The van der Waals surface area contributed by atoms with Gasteiger partial charge in [0.05, 0.1) is 18.0 Å². The first-order valence-corrected chi connectivity index (χ1v) is 7.10. The number of aromatic nitrogens is 2. The van der Waals surface area contributed by atoms with Crippen molar-refractivity contribution >= 4 is 0 Å². The zero-order valence-electron chi connectivity index (χ0n) is 12.7. The minimum atomic E-state index is 0.688. The van der Waals surface area contributed by atoms with Gasteiger partial charge in [0.1, 0.15) is 5.75 Å². The molecule has 4 heteroatoms. The van der Waals surface area contributed by atoms with E-state index in [0.29, 0.717) is 6.61 Å². The molecule has 0 fully saturated rings. The molecule has 20 heavy (non-hydrogen) atoms. The van der Waals surface area contributed by atoms with Gasteiger partial charge in [-0.25, -0.2) is 4.68 Å². The summed E-state index contributed by atoms with van der Waals surface area (Å²) >= 11 is 0. The van der Waals surface area contributed by atoms with Crippen LogP contribution in [0.25, 0.3) is 5.69 Å². The fourth-order valence-corrected chi connectivity index (χ4v) is 2.39. The Labute approximate surface area is 120 Å². The van der Waals surface area contributed by atoms with Crippen molar-refractivity contribution in [2.75, 3.05) is 20.2 Å². The van der Waals surface area contributed by atoms with E-state index < -0.39 is 0 Å². The summed E-state index contributed by atoms with van der Waals surface area (Å²) in [5, 5.41) is 7.84. The molecule has 0 aliphatic rings. The van der Waals surface area contributed by atoms with Crippen LogP contribution in [-0.4, -0.2) is 30.0 Å². The predicted octanol–water partition coefficient (Wildman–Crippen LogP) is 2.65. The molecule has 4 nitrogen and oxygen atoms in total. The molecule has 0 radical (unpaired) electrons. The second-order valence-corrected chi connectivity index (χ2v) is 4.84. The molecule has 0 atom stereocenters. The van der Waals surface area contributed by atoms with Gasteiger partial charge in [0.2, 0.25) is 0 Å². The Kier molecular flexibility index (Phi) is 4.79. The second kappa shape index (κ2) is 6.57. The first kappa shape index (κ1) is 14.6. The third kappa shape index (κ3) is 3.02. The van der Waals surface area contributed by atoms with Crippen molar-refractivity contribution in [3.8, 4) is 11.4 Å². The summed E-state index contributed by atoms with van der Waals surface area (Å²) in [7, 11) is 1.97. The first-order chi connectivity index (χ1) is 9.67. The Hall–Kier alpha value is -1.81. The van der Waals surface area contributed by atoms with Crippen LogP contribution in [0.2, 0.25) is 0 Å². The monoisotopic (exact) mass is 273 g/mol. The van der Waals surface area contributed by atoms with Gasteiger partial charge in [0, 0.05) is 5.69 Å². The first-order valence-electron chi connectivity index (χ1n) is 7.10. The lowest BCUT2D eigenvalue weighted by Gasteiger charge is -2.07. The molecule has 0 aliphatic carbocycles. The van der Waals surface area contributed by atoms with E-state index in [1.54, 1.807) is 0 Å². The van der Waals surface area contributed by atoms with Gasteiger partial charge in [0.15, 0.2) is 0 Å². The van der Waals surface area contributed by atoms with Gasteiger partial charge in [-0.05, 0) is 70.6 Å². The molecule has 1 heterocycles. The second-order valence-electron chi connectivity index (χ2n) is 4.84. The summed E-state index contributed by atoms with van der Waals surface area (Å²) in [4.78, 5) is 0. The van der Waals surface area contributed by atoms with E-state index in [9.17, 15) is 0 Å². The Morgan fingerprint density at radius 2 is 1.90 bits per heavy atom. The van der Waals surface area contributed by atoms with Gasteiger partial charge in [0.25, 0.3) is 0 Å². The molecule has 0 amide bonds. The van der Waals surface area contributed by atoms with Crippen LogP contribution in [0.15, 0.2) is 24.3 Å². The minimum absolute atomic E-state index is 0.688. The smallest absolute Gasteiger partial charge is 0.119 e. The molecule has 1 N–H and O–H groups in total. The number of hydrogen-bond donors (Lipinski definition) is 1. The number of nitrogens with zero attached hydrogens (tertiary/aromatic N) is 2. The topological polar surface area (TPSA) is 39.1 Å². The summed E-state index contributed by atoms with van der Waals surface area (Å²) in [6.45, 7) is 7.84. The van der Waals surface area contributed by atoms with E-state index in [1.165, 1.54) is 11.3 Å². The summed E-state index contributed by atoms with van der Waals surface area (Å²) in [6.07, 6.45) is 1.01. The van der Waals surface area contributed by atoms with Crippen molar-refractivity contribution in [3.05, 3.63) is 41.2 Å². The van der Waals surface area contributed by atoms with E-state index in [0.717, 1.165) is 30.1 Å². The van der Waals surface area contributed by atoms with Crippen molar-refractivity contribution in [1.29, 1.82) is 0 Å². The Morgan fingerprint density at radius 3 is 2.50 bits per heavy atom. The van der Waals surface area contributed by atoms with Crippen LogP contribution in [0.4, 0.5) is 0 Å². The van der Waals surface area contributed by atoms with Crippen molar-refractivity contribution in [2.45, 2.75) is 27.2 Å². The highest BCUT2D eigenvalue weighted by molar-refractivity contribution is 5.40. The number of likely N-dealkylation sites (N-methyl/N-ethyl adjacent to an activating group) is 1. The van der Waals surface area contributed by atoms with Gasteiger partial charge in [-0.2, -0.15) is 5.10 Å². The number of ether oxygens (including phenoxy) is 1. The summed E-state index contributed by atoms with van der Waals surface area (Å²) in [5.74, 6) is 0.896. The predicted molar refractivity (Wildman–Crippen MR) is 81.8 cm³/mol. The van der Waals surface area contributed by atoms with Gasteiger partial charge in [-0.1, -0.05) is 0 Å². The molecule has 0 bridgehead atoms. The zero-order valence-corrected chi connectivity index (χ0v) is 12.7. The third-order valence-corrected chi connectivity index (χ3v) is 3.46. The van der Waals surface area contributed by atoms with E-state index in [1.807, 2.05) is 42.9 Å². The Morgan fingerprint density at radius 1 is 1.20 bits per heavy atom. The Balaban J connectivity index is 2.28. The maximum Gasteiger partial charge on any atom is 0.119 e. The molecule has 1 aromatic heterocycles. The molecule has 2 rings (SSSR count). The van der Waals surface area contributed by atoms with E-state index >= 15 is 0 Å². The molecule has 2 aromatic rings. The van der Waals surface area contributed by atoms with Crippen LogP contribution in [0, 0.1) is 13.8 Å². The average Bonchev–Trinajstić information content (AvgIpc) is 2.73. The van der Waals surface area contributed by atoms with Crippen LogP contribution in [0.3, 0.4) is 0 Å². The van der Waals surface area contributed by atoms with Crippen molar-refractivity contribution in [3.63, 3.8) is 0 Å². The number of nitrogens with one attached hydrogen (secondary N) is 1. The minimum Gasteiger partial charge on any atom is -0.494 e. The highest BCUT2D eigenvalue weighted by Crippen LogP contribution is 2.20. The average molecular weight is 273 g/mol. The van der Waals surface area contributed by atoms with Gasteiger partial charge in [-0.15, -0.1) is 0 Å². The van der Waals surface area contributed by atoms with Crippen molar-refractivity contribution < 1.29 is 4.74 Å². The van der Waals surface area contributed by atoms with Gasteiger partial charge >= 0.3 is 0 Å². The van der Waals surface area contributed by atoms with Gasteiger partial charge < -0.3 is 10.1 Å². The molecular weight excluding hydrogens is 250 g/mol. The summed E-state index contributed by atoms with van der Waals surface area (Å²) < 4.78 is 7.48. The molecule has 0 spiro atoms. The van der Waals surface area contributed by atoms with Crippen molar-refractivity contribution in [2.24, 2.45) is 0 Å². The lowest BCUT2D eigenvalue weighted by molar-refractivity contribution is 0.340. The zero-order chi connectivity index (χ0) is 14.5. The number of benzene rings is 1. The van der Waals surface area contributed by atoms with E-state index in [4.69, 9.17) is 4.74 Å². The molecule has 0 unspecified atom stereocenters. The maximum atomic E-state index is 5.47. The van der Waals surface area contributed by atoms with Gasteiger partial charge in [-0.3, -0.25) is 0 Å². The molecule has 0 saturated heterocycles. The molecule has 108 valence electrons. The van der Waals surface area contributed by atoms with Crippen LogP contribution < -0.4 is 10.1 Å². The maximum absolute atomic E-state index is 5.47. The van der Waals surface area contributed by atoms with Crippen LogP contribution in [-0.2, 0) is 6.42 Å². The molecule has 0 saturated carbocycles. The fourth-order valence-electron chi connectivity index (χ4n) is 2.39. The number of hydrogen-bond acceptors (Lipinski definition) is 3. The molecule has 0 aliphatic heterocycles. The lowest BCUT2D eigenvalue weighted by Crippen LogP contribution is -2.11. The standard InChI is InChI=1S/C16H23N3O/c1-5-20-15-8-6-14(7-9-15)19-13(3)16(10-11-17-4)12(2)18-19/h6-9,17H,5,10-11H2,1-4H3. The SMILES string of the molecule is CCOc1ccc(-n2nc(C)c(CCNC)c2C)cc1. The summed E-state index contributed by atoms with van der Waals surface area (Å²) in [6, 6.07) is 8.07. The quantitative estimate of drug-likeness (QED) is 0.879. The third-order valence-electron chi connectivity index (χ3n) is 3.46. The number of rotatable bonds is 6. The summed E-state index contributed by atoms with van der Waals surface area (Å²) in [5.41, 5.74) is 4.71. The van der Waals surface area contributed by atoms with Crippen molar-refractivity contribution in [1.82, 2.24) is 15.1 Å². The highest BCUT2D eigenvalue weighted by Gasteiger charge is 2.12. The lowest BCUT2D eigenvalue weighted by atomic mass is 10.1. The highest BCUT2D eigenvalue weighted by atomic mass is 16.5. The fraction of sp³-hybridized carbons (Fsp3) is 0.438. The Bertz CT molecular complexity index is 558. The van der Waals surface area contributed by atoms with Crippen LogP contribution in [0.1, 0.15) is 23.9 Å². The van der Waals surface area contributed by atoms with Crippen LogP contribution in [0.5, 0.6) is 5.75 Å². The van der Waals surface area contributed by atoms with E-state index in [2.05, 4.69) is 24.3 Å². The largest absolute Gasteiger partial charge is 0.494 e.